The van der Waals surface area contributed by atoms with Gasteiger partial charge in [0.15, 0.2) is 6.10 Å². The zero-order valence-corrected chi connectivity index (χ0v) is 13.4. The Morgan fingerprint density at radius 1 is 1.09 bits per heavy atom. The number of anilines is 1. The number of carbonyl (C=O) groups is 1. The maximum Gasteiger partial charge on any atom is 0.339 e. The zero-order chi connectivity index (χ0) is 15.7. The van der Waals surface area contributed by atoms with Gasteiger partial charge in [0.25, 0.3) is 0 Å². The van der Waals surface area contributed by atoms with Crippen LogP contribution in [0.25, 0.3) is 0 Å². The Morgan fingerprint density at radius 3 is 2.50 bits per heavy atom. The van der Waals surface area contributed by atoms with Gasteiger partial charge in [-0.3, -0.25) is 0 Å². The van der Waals surface area contributed by atoms with Crippen LogP contribution >= 0.6 is 11.6 Å². The highest BCUT2D eigenvalue weighted by Gasteiger charge is 2.33. The molecule has 1 atom stereocenters. The summed E-state index contributed by atoms with van der Waals surface area (Å²) < 4.78 is 5.51. The Hall–Kier alpha value is -2.00. The third-order valence-electron chi connectivity index (χ3n) is 4.08. The Kier molecular flexibility index (Phi) is 4.08. The molecule has 2 aromatic rings. The van der Waals surface area contributed by atoms with Crippen LogP contribution in [0.4, 0.5) is 5.69 Å². The van der Waals surface area contributed by atoms with E-state index in [-0.39, 0.29) is 5.97 Å². The number of hydrogen-bond donors (Lipinski definition) is 0. The van der Waals surface area contributed by atoms with E-state index in [4.69, 9.17) is 16.3 Å². The van der Waals surface area contributed by atoms with Crippen molar-refractivity contribution in [3.05, 3.63) is 64.2 Å². The second-order valence-electron chi connectivity index (χ2n) is 5.25. The van der Waals surface area contributed by atoms with Crippen molar-refractivity contribution in [3.63, 3.8) is 0 Å². The van der Waals surface area contributed by atoms with Crippen LogP contribution < -0.4 is 4.90 Å². The number of cyclic esters (lactones) is 1. The van der Waals surface area contributed by atoms with E-state index >= 15 is 0 Å². The van der Waals surface area contributed by atoms with Crippen molar-refractivity contribution in [2.45, 2.75) is 20.0 Å². The molecule has 0 fully saturated rings. The minimum absolute atomic E-state index is 0.288. The highest BCUT2D eigenvalue weighted by molar-refractivity contribution is 6.31. The lowest BCUT2D eigenvalue weighted by molar-refractivity contribution is 0.0456. The summed E-state index contributed by atoms with van der Waals surface area (Å²) in [6, 6.07) is 13.4. The molecule has 0 aromatic heterocycles. The molecule has 0 saturated heterocycles. The van der Waals surface area contributed by atoms with Crippen molar-refractivity contribution in [2.24, 2.45) is 0 Å². The van der Waals surface area contributed by atoms with Crippen LogP contribution in [-0.2, 0) is 4.74 Å². The van der Waals surface area contributed by atoms with Crippen molar-refractivity contribution in [2.75, 3.05) is 18.0 Å². The number of fused-ring (bicyclic) bond motifs is 1. The van der Waals surface area contributed by atoms with E-state index < -0.39 is 6.10 Å². The van der Waals surface area contributed by atoms with Gasteiger partial charge in [-0.05, 0) is 32.0 Å². The third-order valence-corrected chi connectivity index (χ3v) is 4.41. The van der Waals surface area contributed by atoms with E-state index in [1.165, 1.54) is 0 Å². The van der Waals surface area contributed by atoms with Gasteiger partial charge in [0.1, 0.15) is 0 Å². The van der Waals surface area contributed by atoms with Crippen LogP contribution in [0.1, 0.15) is 41.4 Å². The second kappa shape index (κ2) is 6.01. The Bertz CT molecular complexity index is 710. The van der Waals surface area contributed by atoms with Crippen molar-refractivity contribution in [3.8, 4) is 0 Å². The number of rotatable bonds is 4. The number of esters is 1. The molecule has 0 spiro atoms. The molecule has 0 radical (unpaired) electrons. The lowest BCUT2D eigenvalue weighted by Crippen LogP contribution is -2.21. The summed E-state index contributed by atoms with van der Waals surface area (Å²) in [6.45, 7) is 6.07. The van der Waals surface area contributed by atoms with Crippen LogP contribution in [0.3, 0.4) is 0 Å². The van der Waals surface area contributed by atoms with E-state index in [1.807, 2.05) is 36.4 Å². The summed E-state index contributed by atoms with van der Waals surface area (Å²) in [6.07, 6.45) is -0.415. The number of halogens is 1. The molecule has 0 saturated carbocycles. The highest BCUT2D eigenvalue weighted by atomic mass is 35.5. The van der Waals surface area contributed by atoms with E-state index in [1.54, 1.807) is 6.07 Å². The molecule has 114 valence electrons. The van der Waals surface area contributed by atoms with Gasteiger partial charge < -0.3 is 9.64 Å². The first-order chi connectivity index (χ1) is 10.7. The molecule has 1 heterocycles. The lowest BCUT2D eigenvalue weighted by Gasteiger charge is -2.22. The molecule has 3 rings (SSSR count). The minimum atomic E-state index is -0.415. The van der Waals surface area contributed by atoms with Crippen molar-refractivity contribution in [1.29, 1.82) is 0 Å². The number of nitrogens with zero attached hydrogens (tertiary/aromatic N) is 1. The number of carbonyl (C=O) groups excluding carboxylic acids is 1. The molecule has 1 unspecified atom stereocenters. The molecular weight excluding hydrogens is 298 g/mol. The average Bonchev–Trinajstić information content (AvgIpc) is 2.86. The number of ether oxygens (including phenoxy) is 1. The van der Waals surface area contributed by atoms with Crippen LogP contribution in [0.5, 0.6) is 0 Å². The van der Waals surface area contributed by atoms with E-state index in [9.17, 15) is 4.79 Å². The predicted molar refractivity (Wildman–Crippen MR) is 88.7 cm³/mol. The molecule has 0 amide bonds. The van der Waals surface area contributed by atoms with Crippen molar-refractivity contribution < 1.29 is 9.53 Å². The molecule has 2 aromatic carbocycles. The Morgan fingerprint density at radius 2 is 1.82 bits per heavy atom. The number of benzene rings is 2. The van der Waals surface area contributed by atoms with Gasteiger partial charge in [-0.2, -0.15) is 0 Å². The molecule has 22 heavy (non-hydrogen) atoms. The molecule has 3 nitrogen and oxygen atoms in total. The standard InChI is InChI=1S/C18H18ClNO2/c1-3-20(4-2)12-9-10-15(16(19)11-12)17-13-7-5-6-8-14(13)18(21)22-17/h5-11,17H,3-4H2,1-2H3. The summed E-state index contributed by atoms with van der Waals surface area (Å²) in [5.74, 6) is -0.288. The van der Waals surface area contributed by atoms with E-state index in [2.05, 4.69) is 18.7 Å². The summed E-state index contributed by atoms with van der Waals surface area (Å²) >= 11 is 6.46. The minimum Gasteiger partial charge on any atom is -0.449 e. The molecule has 1 aliphatic heterocycles. The smallest absolute Gasteiger partial charge is 0.339 e. The van der Waals surface area contributed by atoms with E-state index in [0.717, 1.165) is 29.9 Å². The maximum atomic E-state index is 12.0. The van der Waals surface area contributed by atoms with Crippen LogP contribution in [-0.4, -0.2) is 19.1 Å². The van der Waals surface area contributed by atoms with Gasteiger partial charge in [0.05, 0.1) is 5.56 Å². The van der Waals surface area contributed by atoms with Gasteiger partial charge in [-0.15, -0.1) is 0 Å². The molecular formula is C18H18ClNO2. The van der Waals surface area contributed by atoms with Gasteiger partial charge in [-0.25, -0.2) is 4.79 Å². The van der Waals surface area contributed by atoms with Gasteiger partial charge in [0, 0.05) is 34.9 Å². The molecule has 1 aliphatic rings. The Balaban J connectivity index is 1.99. The lowest BCUT2D eigenvalue weighted by atomic mass is 9.99. The first-order valence-electron chi connectivity index (χ1n) is 7.50. The summed E-state index contributed by atoms with van der Waals surface area (Å²) in [7, 11) is 0. The SMILES string of the molecule is CCN(CC)c1ccc(C2OC(=O)c3ccccc32)c(Cl)c1. The topological polar surface area (TPSA) is 29.5 Å². The van der Waals surface area contributed by atoms with Crippen molar-refractivity contribution >= 4 is 23.3 Å². The van der Waals surface area contributed by atoms with Gasteiger partial charge >= 0.3 is 5.97 Å². The molecule has 0 aliphatic carbocycles. The van der Waals surface area contributed by atoms with Crippen LogP contribution in [0, 0.1) is 0 Å². The summed E-state index contributed by atoms with van der Waals surface area (Å²) in [4.78, 5) is 14.2. The number of hydrogen-bond acceptors (Lipinski definition) is 3. The quantitative estimate of drug-likeness (QED) is 0.781. The van der Waals surface area contributed by atoms with Crippen molar-refractivity contribution in [1.82, 2.24) is 0 Å². The fourth-order valence-corrected chi connectivity index (χ4v) is 3.16. The maximum absolute atomic E-state index is 12.0. The molecule has 0 N–H and O–H groups in total. The van der Waals surface area contributed by atoms with Gasteiger partial charge in [0.2, 0.25) is 0 Å². The second-order valence-corrected chi connectivity index (χ2v) is 5.66. The molecule has 0 bridgehead atoms. The first kappa shape index (κ1) is 14.9. The normalized spacial score (nSPS) is 16.3. The summed E-state index contributed by atoms with van der Waals surface area (Å²) in [5.41, 5.74) is 3.41. The zero-order valence-electron chi connectivity index (χ0n) is 12.7. The van der Waals surface area contributed by atoms with Crippen LogP contribution in [0.2, 0.25) is 5.02 Å². The fourth-order valence-electron chi connectivity index (χ4n) is 2.89. The molecule has 4 heteroatoms. The van der Waals surface area contributed by atoms with Gasteiger partial charge in [-0.1, -0.05) is 35.9 Å². The monoisotopic (exact) mass is 315 g/mol. The third kappa shape index (κ3) is 2.46. The van der Waals surface area contributed by atoms with Crippen LogP contribution in [0.15, 0.2) is 42.5 Å². The first-order valence-corrected chi connectivity index (χ1v) is 7.87. The summed E-state index contributed by atoms with van der Waals surface area (Å²) in [5, 5.41) is 0.624. The Labute approximate surface area is 135 Å². The highest BCUT2D eigenvalue weighted by Crippen LogP contribution is 2.39. The largest absolute Gasteiger partial charge is 0.449 e. The fraction of sp³-hybridized carbons (Fsp3) is 0.278. The van der Waals surface area contributed by atoms with E-state index in [0.29, 0.717) is 10.6 Å². The average molecular weight is 316 g/mol. The predicted octanol–water partition coefficient (Wildman–Crippen LogP) is 4.45.